The van der Waals surface area contributed by atoms with E-state index < -0.39 is 29.9 Å². The van der Waals surface area contributed by atoms with E-state index in [0.717, 1.165) is 45.3 Å². The number of piperidine rings is 1. The van der Waals surface area contributed by atoms with Crippen molar-refractivity contribution in [2.45, 2.75) is 44.2 Å². The average Bonchev–Trinajstić information content (AvgIpc) is 3.53. The normalized spacial score (nSPS) is 25.1. The van der Waals surface area contributed by atoms with Crippen LogP contribution in [0.25, 0.3) is 10.9 Å². The molecule has 1 unspecified atom stereocenters. The lowest BCUT2D eigenvalue weighted by atomic mass is 9.86. The quantitative estimate of drug-likeness (QED) is 0.157. The number of ether oxygens (including phenoxy) is 1. The van der Waals surface area contributed by atoms with E-state index in [4.69, 9.17) is 4.74 Å². The number of nitriles is 1. The van der Waals surface area contributed by atoms with E-state index in [-0.39, 0.29) is 56.0 Å². The highest BCUT2D eigenvalue weighted by molar-refractivity contribution is 6.07. The van der Waals surface area contributed by atoms with E-state index in [1.165, 1.54) is 0 Å². The number of amides is 3. The number of hydrogen-bond donors (Lipinski definition) is 4. The number of hydrogen-bond acceptors (Lipinski definition) is 14. The van der Waals surface area contributed by atoms with Crippen molar-refractivity contribution < 1.29 is 48.8 Å². The molecule has 7 rings (SSSR count). The number of carbonyl (C=O) groups is 6. The number of nitrogens with zero attached hydrogens (tertiary/aromatic N) is 9. The summed E-state index contributed by atoms with van der Waals surface area (Å²) in [7, 11) is 0. The second kappa shape index (κ2) is 21.0. The van der Waals surface area contributed by atoms with Gasteiger partial charge in [0.25, 0.3) is 5.91 Å². The zero-order chi connectivity index (χ0) is 45.4. The third kappa shape index (κ3) is 12.2. The van der Waals surface area contributed by atoms with E-state index in [1.54, 1.807) is 44.0 Å². The lowest BCUT2D eigenvalue weighted by Crippen LogP contribution is -2.50. The van der Waals surface area contributed by atoms with Crippen LogP contribution in [0, 0.1) is 22.7 Å². The molecule has 1 spiro atoms. The van der Waals surface area contributed by atoms with E-state index in [2.05, 4.69) is 21.3 Å². The maximum absolute atomic E-state index is 13.8. The van der Waals surface area contributed by atoms with E-state index >= 15 is 0 Å². The first kappa shape index (κ1) is 46.5. The van der Waals surface area contributed by atoms with Crippen LogP contribution in [-0.2, 0) is 24.0 Å². The predicted octanol–water partition coefficient (Wildman–Crippen LogP) is -0.354. The van der Waals surface area contributed by atoms with Crippen LogP contribution < -0.4 is 10.1 Å². The van der Waals surface area contributed by atoms with Gasteiger partial charge in [0.2, 0.25) is 11.8 Å². The summed E-state index contributed by atoms with van der Waals surface area (Å²) in [6, 6.07) is 8.93. The van der Waals surface area contributed by atoms with Crippen molar-refractivity contribution in [1.82, 2.24) is 44.6 Å². The lowest BCUT2D eigenvalue weighted by molar-refractivity contribution is -0.140. The maximum atomic E-state index is 13.8. The topological polar surface area (TPSA) is 244 Å². The molecule has 4 atom stereocenters. The van der Waals surface area contributed by atoms with Crippen molar-refractivity contribution in [3.05, 3.63) is 36.0 Å². The third-order valence-corrected chi connectivity index (χ3v) is 13.5. The van der Waals surface area contributed by atoms with Crippen molar-refractivity contribution in [3.63, 3.8) is 0 Å². The maximum Gasteiger partial charge on any atom is 0.317 e. The Morgan fingerprint density at radius 3 is 1.97 bits per heavy atom. The minimum Gasteiger partial charge on any atom is -0.494 e. The molecule has 20 nitrogen and oxygen atoms in total. The first-order chi connectivity index (χ1) is 30.8. The molecule has 5 aliphatic rings. The van der Waals surface area contributed by atoms with E-state index in [0.29, 0.717) is 107 Å². The highest BCUT2D eigenvalue weighted by Crippen LogP contribution is 2.47. The Balaban J connectivity index is 0.871. The molecule has 5 fully saturated rings. The Morgan fingerprint density at radius 2 is 1.36 bits per heavy atom. The summed E-state index contributed by atoms with van der Waals surface area (Å²) in [6.45, 7) is 6.38. The smallest absolute Gasteiger partial charge is 0.317 e. The minimum absolute atomic E-state index is 0.00406. The second-order valence-corrected chi connectivity index (χ2v) is 18.0. The van der Waals surface area contributed by atoms with Gasteiger partial charge < -0.3 is 40.1 Å². The fraction of sp³-hybridized carbons (Fsp3) is 0.636. The molecule has 64 heavy (non-hydrogen) atoms. The molecule has 2 aromatic rings. The fourth-order valence-corrected chi connectivity index (χ4v) is 9.94. The number of aromatic nitrogens is 1. The summed E-state index contributed by atoms with van der Waals surface area (Å²) in [5, 5.41) is 41.4. The number of rotatable bonds is 16. The van der Waals surface area contributed by atoms with Gasteiger partial charge >= 0.3 is 17.9 Å². The predicted molar refractivity (Wildman–Crippen MR) is 230 cm³/mol. The molecule has 4 aliphatic heterocycles. The molecular formula is C44H60N10O10. The molecule has 20 heteroatoms. The number of carboxylic acid groups (broad SMARTS) is 3. The van der Waals surface area contributed by atoms with Crippen LogP contribution in [0.4, 0.5) is 0 Å². The number of aliphatic carboxylic acids is 3. The van der Waals surface area contributed by atoms with Gasteiger partial charge in [-0.15, -0.1) is 0 Å². The number of nitrogens with one attached hydrogen (secondary N) is 1. The zero-order valence-electron chi connectivity index (χ0n) is 36.3. The number of benzene rings is 1. The average molecular weight is 889 g/mol. The number of carboxylic acids is 3. The van der Waals surface area contributed by atoms with Crippen molar-refractivity contribution >= 4 is 46.5 Å². The van der Waals surface area contributed by atoms with Crippen LogP contribution >= 0.6 is 0 Å². The third-order valence-electron chi connectivity index (χ3n) is 13.5. The minimum atomic E-state index is -1.01. The highest BCUT2D eigenvalue weighted by Gasteiger charge is 2.54. The molecule has 3 amide bonds. The summed E-state index contributed by atoms with van der Waals surface area (Å²) in [5.74, 6) is -2.66. The Kier molecular flexibility index (Phi) is 15.3. The number of likely N-dealkylation sites (tertiary alicyclic amines) is 3. The zero-order valence-corrected chi connectivity index (χ0v) is 36.3. The Morgan fingerprint density at radius 1 is 0.750 bits per heavy atom. The molecule has 0 bridgehead atoms. The standard InChI is InChI=1S/C44H60N10O10/c45-23-32-20-31-21-37(31)54(32)38(55)24-47-43(63)34-4-7-46-36-3-2-33(22-35(34)36)64-19-1-8-52-9-5-44(29-52)6-10-53(30-44)39(56)25-48-11-13-49(26-40(57)58)15-17-51(28-42(61)62)18-16-50(14-12-48)27-41(59)60/h2-4,7,22,31-32,37H,1,5-6,8-21,24-30H2,(H,47,63)(H,57,58)(H,59,60)(H,61,62)/t31-,32+,37+,44?/m1/s1. The largest absolute Gasteiger partial charge is 0.494 e. The van der Waals surface area contributed by atoms with Crippen molar-refractivity contribution in [3.8, 4) is 11.8 Å². The van der Waals surface area contributed by atoms with Crippen molar-refractivity contribution in [2.24, 2.45) is 11.3 Å². The summed E-state index contributed by atoms with van der Waals surface area (Å²) >= 11 is 0. The fourth-order valence-electron chi connectivity index (χ4n) is 9.94. The van der Waals surface area contributed by atoms with Crippen molar-refractivity contribution in [1.29, 1.82) is 5.26 Å². The van der Waals surface area contributed by atoms with Crippen LogP contribution in [0.15, 0.2) is 30.5 Å². The molecular weight excluding hydrogens is 829 g/mol. The first-order valence-electron chi connectivity index (χ1n) is 22.3. The SMILES string of the molecule is N#C[C@@H]1C[C@@H]2C[C@@H]2N1C(=O)CNC(=O)c1ccnc2ccc(OCCCN3CCC4(CCN(C(=O)CN5CCN(CC(=O)O)CCN(CC(=O)O)CCN(CC(=O)O)CC5)C4)C3)cc12. The van der Waals surface area contributed by atoms with E-state index in [1.807, 2.05) is 15.9 Å². The number of carbonyl (C=O) groups excluding carboxylic acids is 3. The van der Waals surface area contributed by atoms with E-state index in [9.17, 15) is 49.3 Å². The van der Waals surface area contributed by atoms with Gasteiger partial charge in [-0.05, 0) is 68.8 Å². The highest BCUT2D eigenvalue weighted by atomic mass is 16.5. The Labute approximate surface area is 372 Å². The molecule has 346 valence electrons. The van der Waals surface area contributed by atoms with Gasteiger partial charge in [0.15, 0.2) is 0 Å². The van der Waals surface area contributed by atoms with Gasteiger partial charge in [-0.3, -0.25) is 53.4 Å². The van der Waals surface area contributed by atoms with Gasteiger partial charge in [-0.2, -0.15) is 5.26 Å². The molecule has 0 radical (unpaired) electrons. The van der Waals surface area contributed by atoms with Crippen LogP contribution in [0.1, 0.15) is 42.5 Å². The monoisotopic (exact) mass is 888 g/mol. The number of fused-ring (bicyclic) bond motifs is 2. The molecule has 4 N–H and O–H groups in total. The Bertz CT molecular complexity index is 2070. The van der Waals surface area contributed by atoms with Crippen LogP contribution in [-0.4, -0.2) is 227 Å². The van der Waals surface area contributed by atoms with Gasteiger partial charge in [0.05, 0.1) is 56.5 Å². The van der Waals surface area contributed by atoms with Gasteiger partial charge in [0.1, 0.15) is 11.8 Å². The molecule has 4 saturated heterocycles. The summed E-state index contributed by atoms with van der Waals surface area (Å²) < 4.78 is 6.14. The molecule has 1 aromatic heterocycles. The van der Waals surface area contributed by atoms with Crippen molar-refractivity contribution in [2.75, 3.05) is 124 Å². The lowest BCUT2D eigenvalue weighted by Gasteiger charge is -2.33. The number of pyridine rings is 1. The molecule has 1 aliphatic carbocycles. The van der Waals surface area contributed by atoms with Crippen LogP contribution in [0.2, 0.25) is 0 Å². The van der Waals surface area contributed by atoms with Crippen LogP contribution in [0.5, 0.6) is 5.75 Å². The molecule has 1 saturated carbocycles. The van der Waals surface area contributed by atoms with Crippen LogP contribution in [0.3, 0.4) is 0 Å². The molecule has 1 aromatic carbocycles. The summed E-state index contributed by atoms with van der Waals surface area (Å²) in [4.78, 5) is 92.5. The summed E-state index contributed by atoms with van der Waals surface area (Å²) in [5.41, 5.74) is 1.00. The van der Waals surface area contributed by atoms with Gasteiger partial charge in [-0.1, -0.05) is 0 Å². The summed E-state index contributed by atoms with van der Waals surface area (Å²) in [6.07, 6.45) is 5.81. The van der Waals surface area contributed by atoms with Gasteiger partial charge in [0, 0.05) is 102 Å². The first-order valence-corrected chi connectivity index (χ1v) is 22.3. The molecule has 5 heterocycles. The Hall–Kier alpha value is -5.46. The second-order valence-electron chi connectivity index (χ2n) is 18.0. The van der Waals surface area contributed by atoms with Gasteiger partial charge in [-0.25, -0.2) is 0 Å².